The van der Waals surface area contributed by atoms with E-state index in [-0.39, 0.29) is 5.56 Å². The third-order valence-corrected chi connectivity index (χ3v) is 3.30. The summed E-state index contributed by atoms with van der Waals surface area (Å²) in [6.45, 7) is 0. The molecular formula is C17H11FN2O3. The summed E-state index contributed by atoms with van der Waals surface area (Å²) >= 11 is 0. The van der Waals surface area contributed by atoms with Crippen LogP contribution in [0.3, 0.4) is 0 Å². The maximum absolute atomic E-state index is 13.8. The number of benzene rings is 2. The second kappa shape index (κ2) is 5.84. The molecule has 6 heteroatoms. The van der Waals surface area contributed by atoms with Crippen LogP contribution in [0.15, 0.2) is 65.5 Å². The van der Waals surface area contributed by atoms with Crippen LogP contribution >= 0.6 is 0 Å². The van der Waals surface area contributed by atoms with Gasteiger partial charge in [-0.3, -0.25) is 4.79 Å². The Morgan fingerprint density at radius 1 is 1.04 bits per heavy atom. The molecule has 0 amide bonds. The highest BCUT2D eigenvalue weighted by atomic mass is 19.1. The maximum atomic E-state index is 13.8. The standard InChI is InChI=1S/C17H11FN2O3/c18-14-10-11(6-7-13(14)17(22)23)15-8-9-16(21)20(19-15)12-4-2-1-3-5-12/h1-10H,(H,22,23). The van der Waals surface area contributed by atoms with E-state index >= 15 is 0 Å². The van der Waals surface area contributed by atoms with Crippen LogP contribution in [-0.2, 0) is 0 Å². The Kier molecular flexibility index (Phi) is 3.72. The molecule has 0 fully saturated rings. The smallest absolute Gasteiger partial charge is 0.338 e. The van der Waals surface area contributed by atoms with Gasteiger partial charge in [0.05, 0.1) is 16.9 Å². The molecule has 0 radical (unpaired) electrons. The lowest BCUT2D eigenvalue weighted by Crippen LogP contribution is -2.20. The molecule has 0 aliphatic rings. The molecule has 1 heterocycles. The molecule has 0 unspecified atom stereocenters. The van der Waals surface area contributed by atoms with Gasteiger partial charge in [-0.1, -0.05) is 24.3 Å². The number of halogens is 1. The monoisotopic (exact) mass is 310 g/mol. The van der Waals surface area contributed by atoms with Gasteiger partial charge >= 0.3 is 5.97 Å². The minimum absolute atomic E-state index is 0.317. The van der Waals surface area contributed by atoms with Crippen molar-refractivity contribution in [1.82, 2.24) is 9.78 Å². The van der Waals surface area contributed by atoms with Crippen LogP contribution in [0.2, 0.25) is 0 Å². The van der Waals surface area contributed by atoms with E-state index in [4.69, 9.17) is 5.11 Å². The van der Waals surface area contributed by atoms with E-state index in [1.807, 2.05) is 6.07 Å². The van der Waals surface area contributed by atoms with E-state index in [1.165, 1.54) is 28.9 Å². The van der Waals surface area contributed by atoms with Crippen LogP contribution in [0.5, 0.6) is 0 Å². The van der Waals surface area contributed by atoms with Crippen LogP contribution in [0, 0.1) is 5.82 Å². The molecule has 3 aromatic rings. The largest absolute Gasteiger partial charge is 0.478 e. The number of nitrogens with zero attached hydrogens (tertiary/aromatic N) is 2. The van der Waals surface area contributed by atoms with Crippen LogP contribution in [0.25, 0.3) is 16.9 Å². The van der Waals surface area contributed by atoms with Crippen LogP contribution < -0.4 is 5.56 Å². The predicted molar refractivity (Wildman–Crippen MR) is 82.2 cm³/mol. The second-order valence-electron chi connectivity index (χ2n) is 4.80. The predicted octanol–water partition coefficient (Wildman–Crippen LogP) is 2.74. The van der Waals surface area contributed by atoms with Crippen LogP contribution in [0.1, 0.15) is 10.4 Å². The highest BCUT2D eigenvalue weighted by Gasteiger charge is 2.12. The lowest BCUT2D eigenvalue weighted by atomic mass is 10.1. The molecule has 114 valence electrons. The molecule has 1 N–H and O–H groups in total. The van der Waals surface area contributed by atoms with Gasteiger partial charge in [-0.15, -0.1) is 0 Å². The van der Waals surface area contributed by atoms with Gasteiger partial charge in [0.15, 0.2) is 0 Å². The quantitative estimate of drug-likeness (QED) is 0.807. The van der Waals surface area contributed by atoms with Crippen LogP contribution in [0.4, 0.5) is 4.39 Å². The summed E-state index contributed by atoms with van der Waals surface area (Å²) in [6.07, 6.45) is 0. The Labute approximate surface area is 130 Å². The molecule has 0 spiro atoms. The van der Waals surface area contributed by atoms with E-state index in [9.17, 15) is 14.0 Å². The van der Waals surface area contributed by atoms with Gasteiger partial charge in [-0.05, 0) is 30.3 Å². The van der Waals surface area contributed by atoms with Crippen molar-refractivity contribution in [3.8, 4) is 16.9 Å². The molecule has 0 aliphatic carbocycles. The van der Waals surface area contributed by atoms with Gasteiger partial charge in [-0.25, -0.2) is 9.18 Å². The van der Waals surface area contributed by atoms with Crippen molar-refractivity contribution in [1.29, 1.82) is 0 Å². The van der Waals surface area contributed by atoms with Crippen molar-refractivity contribution in [3.63, 3.8) is 0 Å². The third kappa shape index (κ3) is 2.87. The molecule has 1 aromatic heterocycles. The van der Waals surface area contributed by atoms with E-state index in [2.05, 4.69) is 5.10 Å². The molecule has 0 atom stereocenters. The zero-order valence-electron chi connectivity index (χ0n) is 11.8. The number of aromatic nitrogens is 2. The molecule has 0 aliphatic heterocycles. The fraction of sp³-hybridized carbons (Fsp3) is 0. The first-order chi connectivity index (χ1) is 11.1. The number of carbonyl (C=O) groups is 1. The topological polar surface area (TPSA) is 72.2 Å². The SMILES string of the molecule is O=C(O)c1ccc(-c2ccc(=O)n(-c3ccccc3)n2)cc1F. The summed E-state index contributed by atoms with van der Waals surface area (Å²) < 4.78 is 15.0. The van der Waals surface area contributed by atoms with Crippen molar-refractivity contribution >= 4 is 5.97 Å². The van der Waals surface area contributed by atoms with E-state index in [0.29, 0.717) is 16.9 Å². The number of hydrogen-bond acceptors (Lipinski definition) is 3. The lowest BCUT2D eigenvalue weighted by molar-refractivity contribution is 0.0692. The Morgan fingerprint density at radius 3 is 2.43 bits per heavy atom. The molecular weight excluding hydrogens is 299 g/mol. The Morgan fingerprint density at radius 2 is 1.78 bits per heavy atom. The van der Waals surface area contributed by atoms with E-state index < -0.39 is 17.3 Å². The van der Waals surface area contributed by atoms with Gasteiger partial charge < -0.3 is 5.11 Å². The van der Waals surface area contributed by atoms with Crippen molar-refractivity contribution in [2.24, 2.45) is 0 Å². The van der Waals surface area contributed by atoms with Gasteiger partial charge in [0.1, 0.15) is 5.82 Å². The number of carboxylic acids is 1. The van der Waals surface area contributed by atoms with Gasteiger partial charge in [-0.2, -0.15) is 9.78 Å². The summed E-state index contributed by atoms with van der Waals surface area (Å²) in [4.78, 5) is 22.8. The van der Waals surface area contributed by atoms with Crippen molar-refractivity contribution < 1.29 is 14.3 Å². The number of aromatic carboxylic acids is 1. The highest BCUT2D eigenvalue weighted by Crippen LogP contribution is 2.20. The average Bonchev–Trinajstić information content (AvgIpc) is 2.55. The molecule has 0 saturated heterocycles. The Balaban J connectivity index is 2.10. The summed E-state index contributed by atoms with van der Waals surface area (Å²) in [5.74, 6) is -2.19. The van der Waals surface area contributed by atoms with E-state index in [1.54, 1.807) is 24.3 Å². The fourth-order valence-corrected chi connectivity index (χ4v) is 2.17. The normalized spacial score (nSPS) is 10.5. The molecule has 0 bridgehead atoms. The summed E-state index contributed by atoms with van der Waals surface area (Å²) in [5, 5.41) is 13.1. The van der Waals surface area contributed by atoms with Gasteiger partial charge in [0.25, 0.3) is 5.56 Å². The Hall–Kier alpha value is -3.28. The third-order valence-electron chi connectivity index (χ3n) is 3.30. The minimum Gasteiger partial charge on any atom is -0.478 e. The molecule has 23 heavy (non-hydrogen) atoms. The summed E-state index contributed by atoms with van der Waals surface area (Å²) in [7, 11) is 0. The molecule has 3 rings (SSSR count). The molecule has 2 aromatic carbocycles. The second-order valence-corrected chi connectivity index (χ2v) is 4.80. The number of hydrogen-bond donors (Lipinski definition) is 1. The van der Waals surface area contributed by atoms with Crippen molar-refractivity contribution in [2.75, 3.05) is 0 Å². The summed E-state index contributed by atoms with van der Waals surface area (Å²) in [6, 6.07) is 15.3. The Bertz CT molecular complexity index is 936. The van der Waals surface area contributed by atoms with Gasteiger partial charge in [0.2, 0.25) is 0 Å². The lowest BCUT2D eigenvalue weighted by Gasteiger charge is -2.07. The first-order valence-corrected chi connectivity index (χ1v) is 6.75. The van der Waals surface area contributed by atoms with Gasteiger partial charge in [0, 0.05) is 11.6 Å². The zero-order chi connectivity index (χ0) is 16.4. The number of para-hydroxylation sites is 1. The van der Waals surface area contributed by atoms with Crippen molar-refractivity contribution in [3.05, 3.63) is 82.4 Å². The highest BCUT2D eigenvalue weighted by molar-refractivity contribution is 5.88. The first kappa shape index (κ1) is 14.6. The molecule has 0 saturated carbocycles. The maximum Gasteiger partial charge on any atom is 0.338 e. The average molecular weight is 310 g/mol. The summed E-state index contributed by atoms with van der Waals surface area (Å²) in [5.41, 5.74) is 0.608. The van der Waals surface area contributed by atoms with Crippen molar-refractivity contribution in [2.45, 2.75) is 0 Å². The zero-order valence-corrected chi connectivity index (χ0v) is 11.8. The fourth-order valence-electron chi connectivity index (χ4n) is 2.17. The molecule has 5 nitrogen and oxygen atoms in total. The minimum atomic E-state index is -1.34. The van der Waals surface area contributed by atoms with E-state index in [0.717, 1.165) is 6.07 Å². The number of carboxylic acid groups (broad SMARTS) is 1. The van der Waals surface area contributed by atoms with Crippen LogP contribution in [-0.4, -0.2) is 20.9 Å². The number of rotatable bonds is 3. The first-order valence-electron chi connectivity index (χ1n) is 6.75.